The largest absolute Gasteiger partial charge is 0.444 e. The van der Waals surface area contributed by atoms with E-state index in [2.05, 4.69) is 5.32 Å². The van der Waals surface area contributed by atoms with E-state index in [0.29, 0.717) is 0 Å². The second-order valence-electron chi connectivity index (χ2n) is 6.85. The van der Waals surface area contributed by atoms with E-state index in [1.807, 2.05) is 10.8 Å². The van der Waals surface area contributed by atoms with Crippen molar-refractivity contribution >= 4 is 33.7 Å². The molecule has 0 aromatic heterocycles. The first-order valence-corrected chi connectivity index (χ1v) is 11.2. The van der Waals surface area contributed by atoms with Gasteiger partial charge in [-0.1, -0.05) is 48.5 Å². The fourth-order valence-electron chi connectivity index (χ4n) is 2.65. The number of ether oxygens (including phenoxy) is 1. The van der Waals surface area contributed by atoms with Crippen molar-refractivity contribution in [1.29, 1.82) is 0 Å². The first-order chi connectivity index (χ1) is 15.8. The number of hydrogen-bond donors (Lipinski definition) is 2. The molecule has 10 heteroatoms. The van der Waals surface area contributed by atoms with E-state index in [0.717, 1.165) is 10.5 Å². The number of carbonyl (C=O) groups is 3. The number of rotatable bonds is 6. The van der Waals surface area contributed by atoms with Crippen molar-refractivity contribution in [2.75, 3.05) is 12.4 Å². The number of nitrogens with zero attached hydrogens (tertiary/aromatic N) is 1. The van der Waals surface area contributed by atoms with Crippen molar-refractivity contribution in [3.63, 3.8) is 0 Å². The Kier molecular flexibility index (Phi) is 7.42. The quantitative estimate of drug-likeness (QED) is 0.571. The summed E-state index contributed by atoms with van der Waals surface area (Å²) in [5, 5.41) is 2.47. The Labute approximate surface area is 191 Å². The average Bonchev–Trinajstić information content (AvgIpc) is 2.83. The zero-order chi connectivity index (χ0) is 23.8. The fraction of sp³-hybridized carbons (Fsp3) is 0.0870. The molecular formula is C23H21N3O6S. The van der Waals surface area contributed by atoms with Gasteiger partial charge in [0, 0.05) is 18.3 Å². The average molecular weight is 468 g/mol. The highest BCUT2D eigenvalue weighted by Gasteiger charge is 2.20. The minimum atomic E-state index is -4.11. The van der Waals surface area contributed by atoms with Gasteiger partial charge in [0.25, 0.3) is 15.9 Å². The molecule has 3 aromatic rings. The summed E-state index contributed by atoms with van der Waals surface area (Å²) < 4.78 is 32.0. The van der Waals surface area contributed by atoms with Gasteiger partial charge in [-0.05, 0) is 42.0 Å². The first-order valence-electron chi connectivity index (χ1n) is 9.74. The predicted octanol–water partition coefficient (Wildman–Crippen LogP) is 3.61. The van der Waals surface area contributed by atoms with Crippen LogP contribution in [0, 0.1) is 0 Å². The summed E-state index contributed by atoms with van der Waals surface area (Å²) in [6, 6.07) is 21.3. The molecular weight excluding hydrogens is 446 g/mol. The molecule has 33 heavy (non-hydrogen) atoms. The molecule has 9 nitrogen and oxygen atoms in total. The molecule has 170 valence electrons. The number of sulfonamides is 1. The van der Waals surface area contributed by atoms with Crippen molar-refractivity contribution in [3.8, 4) is 0 Å². The Morgan fingerprint density at radius 2 is 1.42 bits per heavy atom. The number of imide groups is 1. The fourth-order valence-corrected chi connectivity index (χ4v) is 3.63. The summed E-state index contributed by atoms with van der Waals surface area (Å²) in [5.74, 6) is -0.761. The Hall–Kier alpha value is -4.18. The topological polar surface area (TPSA) is 122 Å². The second-order valence-corrected chi connectivity index (χ2v) is 8.54. The molecule has 0 aliphatic carbocycles. The SMILES string of the molecule is CN(C(=O)Nc1ccc(S(=O)(=O)NC(=O)c2ccccc2)cc1)C(=O)OCc1ccccc1. The summed E-state index contributed by atoms with van der Waals surface area (Å²) in [5.41, 5.74) is 1.22. The van der Waals surface area contributed by atoms with Crippen LogP contribution >= 0.6 is 0 Å². The van der Waals surface area contributed by atoms with Gasteiger partial charge in [0.15, 0.2) is 0 Å². The number of anilines is 1. The number of carbonyl (C=O) groups excluding carboxylic acids is 3. The maximum Gasteiger partial charge on any atom is 0.418 e. The van der Waals surface area contributed by atoms with Crippen LogP contribution in [0.5, 0.6) is 0 Å². The lowest BCUT2D eigenvalue weighted by Crippen LogP contribution is -2.37. The number of urea groups is 1. The smallest absolute Gasteiger partial charge is 0.418 e. The Morgan fingerprint density at radius 1 is 0.848 bits per heavy atom. The van der Waals surface area contributed by atoms with Crippen LogP contribution in [-0.4, -0.2) is 38.4 Å². The van der Waals surface area contributed by atoms with Crippen LogP contribution in [0.3, 0.4) is 0 Å². The maximum absolute atomic E-state index is 12.4. The predicted molar refractivity (Wildman–Crippen MR) is 121 cm³/mol. The van der Waals surface area contributed by atoms with E-state index >= 15 is 0 Å². The van der Waals surface area contributed by atoms with Crippen LogP contribution in [0.2, 0.25) is 0 Å². The van der Waals surface area contributed by atoms with E-state index < -0.39 is 28.1 Å². The van der Waals surface area contributed by atoms with Crippen LogP contribution < -0.4 is 10.0 Å². The van der Waals surface area contributed by atoms with Gasteiger partial charge in [-0.2, -0.15) is 0 Å². The summed E-state index contributed by atoms with van der Waals surface area (Å²) in [4.78, 5) is 37.1. The molecule has 0 heterocycles. The minimum Gasteiger partial charge on any atom is -0.444 e. The van der Waals surface area contributed by atoms with Crippen LogP contribution in [0.1, 0.15) is 15.9 Å². The summed E-state index contributed by atoms with van der Waals surface area (Å²) in [6.07, 6.45) is -0.848. The molecule has 0 saturated heterocycles. The molecule has 0 unspecified atom stereocenters. The van der Waals surface area contributed by atoms with Gasteiger partial charge in [-0.15, -0.1) is 0 Å². The normalized spacial score (nSPS) is 10.7. The van der Waals surface area contributed by atoms with Crippen molar-refractivity contribution < 1.29 is 27.5 Å². The highest BCUT2D eigenvalue weighted by atomic mass is 32.2. The van der Waals surface area contributed by atoms with E-state index in [4.69, 9.17) is 4.74 Å². The van der Waals surface area contributed by atoms with Gasteiger partial charge in [0.1, 0.15) is 6.61 Å². The molecule has 0 spiro atoms. The number of hydrogen-bond acceptors (Lipinski definition) is 6. The van der Waals surface area contributed by atoms with Crippen molar-refractivity contribution in [3.05, 3.63) is 96.1 Å². The molecule has 0 atom stereocenters. The van der Waals surface area contributed by atoms with Crippen LogP contribution in [0.15, 0.2) is 89.8 Å². The minimum absolute atomic E-state index is 0.0125. The van der Waals surface area contributed by atoms with E-state index in [1.165, 1.54) is 43.4 Å². The van der Waals surface area contributed by atoms with E-state index in [9.17, 15) is 22.8 Å². The van der Waals surface area contributed by atoms with Gasteiger partial charge >= 0.3 is 12.1 Å². The lowest BCUT2D eigenvalue weighted by Gasteiger charge is -2.16. The third-order valence-electron chi connectivity index (χ3n) is 4.46. The Morgan fingerprint density at radius 3 is 2.03 bits per heavy atom. The molecule has 0 radical (unpaired) electrons. The van der Waals surface area contributed by atoms with Gasteiger partial charge in [-0.25, -0.2) is 27.6 Å². The number of nitrogens with one attached hydrogen (secondary N) is 2. The maximum atomic E-state index is 12.4. The van der Waals surface area contributed by atoms with E-state index in [1.54, 1.807) is 42.5 Å². The number of amides is 4. The third kappa shape index (κ3) is 6.40. The molecule has 0 aliphatic heterocycles. The lowest BCUT2D eigenvalue weighted by molar-refractivity contribution is 0.0980. The molecule has 0 bridgehead atoms. The second kappa shape index (κ2) is 10.4. The molecule has 0 aliphatic rings. The van der Waals surface area contributed by atoms with Crippen molar-refractivity contribution in [1.82, 2.24) is 9.62 Å². The number of benzene rings is 3. The highest BCUT2D eigenvalue weighted by molar-refractivity contribution is 7.90. The Bertz CT molecular complexity index is 1230. The highest BCUT2D eigenvalue weighted by Crippen LogP contribution is 2.15. The van der Waals surface area contributed by atoms with E-state index in [-0.39, 0.29) is 22.8 Å². The van der Waals surface area contributed by atoms with Gasteiger partial charge in [0.2, 0.25) is 0 Å². The standard InChI is InChI=1S/C23H21N3O6S/c1-26(23(29)32-16-17-8-4-2-5-9-17)22(28)24-19-12-14-20(15-13-19)33(30,31)25-21(27)18-10-6-3-7-11-18/h2-15H,16H2,1H3,(H,24,28)(H,25,27). The monoisotopic (exact) mass is 467 g/mol. The zero-order valence-electron chi connectivity index (χ0n) is 17.6. The van der Waals surface area contributed by atoms with Crippen LogP contribution in [-0.2, 0) is 21.4 Å². The molecule has 4 amide bonds. The van der Waals surface area contributed by atoms with Crippen LogP contribution in [0.25, 0.3) is 0 Å². The van der Waals surface area contributed by atoms with Crippen LogP contribution in [0.4, 0.5) is 15.3 Å². The lowest BCUT2D eigenvalue weighted by atomic mass is 10.2. The van der Waals surface area contributed by atoms with Gasteiger partial charge in [0.05, 0.1) is 4.90 Å². The molecule has 3 aromatic carbocycles. The molecule has 2 N–H and O–H groups in total. The summed E-state index contributed by atoms with van der Waals surface area (Å²) >= 11 is 0. The van der Waals surface area contributed by atoms with Crippen molar-refractivity contribution in [2.45, 2.75) is 11.5 Å². The summed E-state index contributed by atoms with van der Waals surface area (Å²) in [6.45, 7) is 0.0125. The van der Waals surface area contributed by atoms with Gasteiger partial charge in [-0.3, -0.25) is 4.79 Å². The Balaban J connectivity index is 1.57. The molecule has 3 rings (SSSR count). The third-order valence-corrected chi connectivity index (χ3v) is 5.81. The molecule has 0 saturated carbocycles. The van der Waals surface area contributed by atoms with Crippen molar-refractivity contribution in [2.24, 2.45) is 0 Å². The molecule has 0 fully saturated rings. The summed E-state index contributed by atoms with van der Waals surface area (Å²) in [7, 11) is -2.86. The van der Waals surface area contributed by atoms with Gasteiger partial charge < -0.3 is 10.1 Å². The zero-order valence-corrected chi connectivity index (χ0v) is 18.4. The first kappa shape index (κ1) is 23.5.